The lowest BCUT2D eigenvalue weighted by molar-refractivity contribution is 0.401. The molecule has 0 saturated heterocycles. The highest BCUT2D eigenvalue weighted by Gasteiger charge is 2.21. The Labute approximate surface area is 151 Å². The van der Waals surface area contributed by atoms with Crippen LogP contribution in [0.3, 0.4) is 0 Å². The smallest absolute Gasteiger partial charge is 0.247 e. The third-order valence-electron chi connectivity index (χ3n) is 3.88. The average Bonchev–Trinajstić information content (AvgIpc) is 3.12. The van der Waals surface area contributed by atoms with Crippen molar-refractivity contribution in [1.82, 2.24) is 19.9 Å². The molecule has 0 aliphatic rings. The van der Waals surface area contributed by atoms with Crippen molar-refractivity contribution in [3.63, 3.8) is 0 Å². The molecule has 0 spiro atoms. The number of ether oxygens (including phenoxy) is 1. The Bertz CT molecular complexity index is 1020. The number of rotatable bonds is 6. The number of pyridine rings is 1. The van der Waals surface area contributed by atoms with E-state index >= 15 is 0 Å². The highest BCUT2D eigenvalue weighted by Crippen LogP contribution is 2.27. The molecule has 1 N–H and O–H groups in total. The van der Waals surface area contributed by atoms with Crippen LogP contribution in [-0.4, -0.2) is 30.7 Å². The number of aromatic nitrogens is 3. The van der Waals surface area contributed by atoms with Crippen molar-refractivity contribution in [1.29, 1.82) is 0 Å². The summed E-state index contributed by atoms with van der Waals surface area (Å²) in [5.41, 5.74) is 2.50. The van der Waals surface area contributed by atoms with E-state index in [4.69, 9.17) is 9.15 Å². The second kappa shape index (κ2) is 7.22. The summed E-state index contributed by atoms with van der Waals surface area (Å²) in [5.74, 6) is 0.733. The number of methoxy groups -OCH3 is 1. The van der Waals surface area contributed by atoms with E-state index in [1.165, 1.54) is 7.11 Å². The zero-order chi connectivity index (χ0) is 18.7. The van der Waals surface area contributed by atoms with Gasteiger partial charge in [-0.25, -0.2) is 13.1 Å². The minimum atomic E-state index is -3.81. The van der Waals surface area contributed by atoms with E-state index in [-0.39, 0.29) is 23.1 Å². The van der Waals surface area contributed by atoms with Gasteiger partial charge in [0.2, 0.25) is 21.8 Å². The summed E-state index contributed by atoms with van der Waals surface area (Å²) in [6, 6.07) is 6.72. The number of nitrogens with one attached hydrogen (secondary N) is 1. The van der Waals surface area contributed by atoms with Crippen LogP contribution in [0.1, 0.15) is 17.0 Å². The molecule has 136 valence electrons. The number of nitrogens with zero attached hydrogens (tertiary/aromatic N) is 3. The van der Waals surface area contributed by atoms with Gasteiger partial charge in [-0.2, -0.15) is 0 Å². The van der Waals surface area contributed by atoms with E-state index in [0.29, 0.717) is 11.5 Å². The molecule has 0 aliphatic heterocycles. The minimum Gasteiger partial charge on any atom is -0.495 e. The van der Waals surface area contributed by atoms with Crippen LogP contribution in [0.5, 0.6) is 5.75 Å². The van der Waals surface area contributed by atoms with E-state index in [2.05, 4.69) is 19.9 Å². The van der Waals surface area contributed by atoms with Crippen molar-refractivity contribution < 1.29 is 17.6 Å². The quantitative estimate of drug-likeness (QED) is 0.705. The summed E-state index contributed by atoms with van der Waals surface area (Å²) in [6.45, 7) is 3.60. The number of sulfonamides is 1. The molecule has 0 aliphatic carbocycles. The predicted octanol–water partition coefficient (Wildman–Crippen LogP) is 2.24. The summed E-state index contributed by atoms with van der Waals surface area (Å²) in [7, 11) is -2.38. The molecule has 0 unspecified atom stereocenters. The lowest BCUT2D eigenvalue weighted by atomic mass is 10.1. The van der Waals surface area contributed by atoms with E-state index < -0.39 is 10.0 Å². The summed E-state index contributed by atoms with van der Waals surface area (Å²) < 4.78 is 38.4. The summed E-state index contributed by atoms with van der Waals surface area (Å²) in [6.07, 6.45) is 3.21. The number of hydrogen-bond donors (Lipinski definition) is 1. The second-order valence-corrected chi connectivity index (χ2v) is 7.38. The Balaban J connectivity index is 1.79. The fourth-order valence-corrected chi connectivity index (χ4v) is 3.51. The van der Waals surface area contributed by atoms with Gasteiger partial charge in [-0.3, -0.25) is 4.98 Å². The maximum atomic E-state index is 12.6. The molecule has 0 atom stereocenters. The molecule has 0 fully saturated rings. The highest BCUT2D eigenvalue weighted by atomic mass is 32.2. The van der Waals surface area contributed by atoms with Gasteiger partial charge in [0.15, 0.2) is 0 Å². The molecule has 9 heteroatoms. The Kier molecular flexibility index (Phi) is 5.01. The Morgan fingerprint density at radius 2 is 1.81 bits per heavy atom. The van der Waals surface area contributed by atoms with Crippen molar-refractivity contribution in [3.05, 3.63) is 53.7 Å². The molecule has 26 heavy (non-hydrogen) atoms. The Morgan fingerprint density at radius 3 is 2.50 bits per heavy atom. The van der Waals surface area contributed by atoms with Gasteiger partial charge < -0.3 is 9.15 Å². The summed E-state index contributed by atoms with van der Waals surface area (Å²) in [4.78, 5) is 3.98. The minimum absolute atomic E-state index is 0.0666. The molecule has 3 aromatic rings. The maximum absolute atomic E-state index is 12.6. The SMILES string of the molecule is COc1cc(C)c(C)cc1S(=O)(=O)NCc1nnc(-c2ccncc2)o1. The third kappa shape index (κ3) is 3.73. The molecule has 0 bridgehead atoms. The maximum Gasteiger partial charge on any atom is 0.247 e. The van der Waals surface area contributed by atoms with Crippen LogP contribution in [0.2, 0.25) is 0 Å². The van der Waals surface area contributed by atoms with Crippen LogP contribution >= 0.6 is 0 Å². The van der Waals surface area contributed by atoms with Gasteiger partial charge in [-0.1, -0.05) is 0 Å². The first-order chi connectivity index (χ1) is 12.4. The lowest BCUT2D eigenvalue weighted by Gasteiger charge is -2.12. The molecular formula is C17H18N4O4S. The molecule has 8 nitrogen and oxygen atoms in total. The molecule has 2 heterocycles. The van der Waals surface area contributed by atoms with Gasteiger partial charge in [0.25, 0.3) is 0 Å². The van der Waals surface area contributed by atoms with Crippen molar-refractivity contribution in [3.8, 4) is 17.2 Å². The van der Waals surface area contributed by atoms with Crippen LogP contribution in [0.4, 0.5) is 0 Å². The molecule has 0 saturated carbocycles. The van der Waals surface area contributed by atoms with Crippen LogP contribution in [-0.2, 0) is 16.6 Å². The first-order valence-corrected chi connectivity index (χ1v) is 9.26. The largest absolute Gasteiger partial charge is 0.495 e. The fraction of sp³-hybridized carbons (Fsp3) is 0.235. The van der Waals surface area contributed by atoms with Gasteiger partial charge >= 0.3 is 0 Å². The summed E-state index contributed by atoms with van der Waals surface area (Å²) in [5, 5.41) is 7.78. The number of hydrogen-bond acceptors (Lipinski definition) is 7. The van der Waals surface area contributed by atoms with Crippen molar-refractivity contribution >= 4 is 10.0 Å². The van der Waals surface area contributed by atoms with Crippen molar-refractivity contribution in [2.45, 2.75) is 25.3 Å². The Hall–Kier alpha value is -2.78. The lowest BCUT2D eigenvalue weighted by Crippen LogP contribution is -2.24. The molecule has 1 aromatic carbocycles. The normalized spacial score (nSPS) is 11.5. The van der Waals surface area contributed by atoms with Crippen LogP contribution in [0.25, 0.3) is 11.5 Å². The Morgan fingerprint density at radius 1 is 1.12 bits per heavy atom. The van der Waals surface area contributed by atoms with Crippen LogP contribution in [0, 0.1) is 13.8 Å². The molecule has 0 amide bonds. The van der Waals surface area contributed by atoms with Crippen molar-refractivity contribution in [2.75, 3.05) is 7.11 Å². The van der Waals surface area contributed by atoms with E-state index in [9.17, 15) is 8.42 Å². The van der Waals surface area contributed by atoms with E-state index in [1.54, 1.807) is 36.7 Å². The van der Waals surface area contributed by atoms with Gasteiger partial charge in [0.1, 0.15) is 10.6 Å². The molecule has 0 radical (unpaired) electrons. The predicted molar refractivity (Wildman–Crippen MR) is 94.0 cm³/mol. The van der Waals surface area contributed by atoms with Crippen molar-refractivity contribution in [2.24, 2.45) is 0 Å². The first-order valence-electron chi connectivity index (χ1n) is 7.78. The molecular weight excluding hydrogens is 356 g/mol. The number of benzene rings is 1. The monoisotopic (exact) mass is 374 g/mol. The molecule has 3 rings (SSSR count). The van der Waals surface area contributed by atoms with Gasteiger partial charge in [0.05, 0.1) is 13.7 Å². The van der Waals surface area contributed by atoms with E-state index in [1.807, 2.05) is 13.8 Å². The van der Waals surface area contributed by atoms with Crippen LogP contribution in [0.15, 0.2) is 46.0 Å². The zero-order valence-electron chi connectivity index (χ0n) is 14.6. The number of aryl methyl sites for hydroxylation is 2. The topological polar surface area (TPSA) is 107 Å². The zero-order valence-corrected chi connectivity index (χ0v) is 15.4. The van der Waals surface area contributed by atoms with Gasteiger partial charge in [-0.15, -0.1) is 10.2 Å². The summed E-state index contributed by atoms with van der Waals surface area (Å²) >= 11 is 0. The standard InChI is InChI=1S/C17H18N4O4S/c1-11-8-14(24-3)15(9-12(11)2)26(22,23)19-10-16-20-21-17(25-16)13-4-6-18-7-5-13/h4-9,19H,10H2,1-3H3. The fourth-order valence-electron chi connectivity index (χ4n) is 2.30. The van der Waals surface area contributed by atoms with Gasteiger partial charge in [0, 0.05) is 18.0 Å². The van der Waals surface area contributed by atoms with Crippen LogP contribution < -0.4 is 9.46 Å². The van der Waals surface area contributed by atoms with Gasteiger partial charge in [-0.05, 0) is 49.2 Å². The third-order valence-corrected chi connectivity index (χ3v) is 5.30. The average molecular weight is 374 g/mol. The van der Waals surface area contributed by atoms with E-state index in [0.717, 1.165) is 11.1 Å². The highest BCUT2D eigenvalue weighted by molar-refractivity contribution is 7.89. The molecule has 2 aromatic heterocycles. The first kappa shape index (κ1) is 18.0. The second-order valence-electron chi connectivity index (χ2n) is 5.65.